The molecule has 3 rings (SSSR count). The lowest BCUT2D eigenvalue weighted by molar-refractivity contribution is -0.0896. The molecule has 0 amide bonds. The van der Waals surface area contributed by atoms with Crippen LogP contribution in [0.25, 0.3) is 0 Å². The highest BCUT2D eigenvalue weighted by Gasteiger charge is 2.35. The monoisotopic (exact) mass is 256 g/mol. The van der Waals surface area contributed by atoms with Gasteiger partial charge in [0.2, 0.25) is 0 Å². The van der Waals surface area contributed by atoms with Gasteiger partial charge in [-0.25, -0.2) is 0 Å². The van der Waals surface area contributed by atoms with Crippen LogP contribution >= 0.6 is 11.8 Å². The third-order valence-corrected chi connectivity index (χ3v) is 5.43. The number of hydrogen-bond donors (Lipinski definition) is 1. The number of thioether (sulfide) groups is 1. The fourth-order valence-corrected chi connectivity index (χ4v) is 4.36. The highest BCUT2D eigenvalue weighted by molar-refractivity contribution is 7.99. The summed E-state index contributed by atoms with van der Waals surface area (Å²) < 4.78 is 5.93. The minimum absolute atomic E-state index is 0.536. The molecule has 0 bridgehead atoms. The second-order valence-corrected chi connectivity index (χ2v) is 6.63. The first kappa shape index (κ1) is 12.3. The molecule has 0 spiro atoms. The van der Waals surface area contributed by atoms with Crippen LogP contribution in [0, 0.1) is 0 Å². The van der Waals surface area contributed by atoms with Crippen LogP contribution in [-0.2, 0) is 4.74 Å². The fraction of sp³-hybridized carbons (Fsp3) is 1.00. The summed E-state index contributed by atoms with van der Waals surface area (Å²) in [6, 6.07) is 1.42. The Labute approximate surface area is 109 Å². The van der Waals surface area contributed by atoms with Gasteiger partial charge in [0.05, 0.1) is 12.7 Å². The van der Waals surface area contributed by atoms with Crippen LogP contribution in [0.3, 0.4) is 0 Å². The largest absolute Gasteiger partial charge is 0.375 e. The van der Waals surface area contributed by atoms with E-state index >= 15 is 0 Å². The number of nitrogens with zero attached hydrogens (tertiary/aromatic N) is 1. The molecule has 1 N–H and O–H groups in total. The number of rotatable bonds is 2. The van der Waals surface area contributed by atoms with Gasteiger partial charge >= 0.3 is 0 Å². The smallest absolute Gasteiger partial charge is 0.0730 e. The van der Waals surface area contributed by atoms with Crippen molar-refractivity contribution in [3.8, 4) is 0 Å². The average molecular weight is 256 g/mol. The molecule has 2 heterocycles. The summed E-state index contributed by atoms with van der Waals surface area (Å²) in [4.78, 5) is 2.71. The molecule has 0 aromatic heterocycles. The van der Waals surface area contributed by atoms with Gasteiger partial charge in [-0.3, -0.25) is 4.90 Å². The zero-order valence-electron chi connectivity index (χ0n) is 10.6. The fourth-order valence-electron chi connectivity index (χ4n) is 3.42. The number of morpholine rings is 1. The third kappa shape index (κ3) is 2.98. The molecule has 3 atom stereocenters. The van der Waals surface area contributed by atoms with Gasteiger partial charge in [-0.2, -0.15) is 11.8 Å². The Kier molecular flexibility index (Phi) is 4.27. The summed E-state index contributed by atoms with van der Waals surface area (Å²) in [5, 5.41) is 3.66. The van der Waals surface area contributed by atoms with Crippen LogP contribution in [0.15, 0.2) is 0 Å². The van der Waals surface area contributed by atoms with Crippen molar-refractivity contribution >= 4 is 11.8 Å². The van der Waals surface area contributed by atoms with Gasteiger partial charge in [0.25, 0.3) is 0 Å². The standard InChI is InChI=1S/C13H24N2OS/c1-2-4-13-12(3-1)15(6-7-16-13)9-11-10-17-8-5-14-11/h11-14H,1-10H2. The van der Waals surface area contributed by atoms with Crippen LogP contribution in [0.2, 0.25) is 0 Å². The summed E-state index contributed by atoms with van der Waals surface area (Å²) in [5.41, 5.74) is 0. The maximum absolute atomic E-state index is 5.93. The normalized spacial score (nSPS) is 39.9. The van der Waals surface area contributed by atoms with Crippen LogP contribution < -0.4 is 5.32 Å². The molecule has 3 nitrogen and oxygen atoms in total. The van der Waals surface area contributed by atoms with Gasteiger partial charge in [0.15, 0.2) is 0 Å². The minimum atomic E-state index is 0.536. The maximum atomic E-state index is 5.93. The second-order valence-electron chi connectivity index (χ2n) is 5.48. The van der Waals surface area contributed by atoms with Crippen molar-refractivity contribution in [3.05, 3.63) is 0 Å². The topological polar surface area (TPSA) is 24.5 Å². The molecule has 2 saturated heterocycles. The van der Waals surface area contributed by atoms with Gasteiger partial charge in [-0.1, -0.05) is 12.8 Å². The molecular weight excluding hydrogens is 232 g/mol. The van der Waals surface area contributed by atoms with Crippen molar-refractivity contribution in [2.45, 2.75) is 43.9 Å². The number of hydrogen-bond acceptors (Lipinski definition) is 4. The first-order valence-corrected chi connectivity index (χ1v) is 8.26. The van der Waals surface area contributed by atoms with Crippen LogP contribution in [-0.4, -0.2) is 60.8 Å². The van der Waals surface area contributed by atoms with Crippen molar-refractivity contribution in [2.24, 2.45) is 0 Å². The Morgan fingerprint density at radius 1 is 1.29 bits per heavy atom. The minimum Gasteiger partial charge on any atom is -0.375 e. The van der Waals surface area contributed by atoms with Crippen LogP contribution in [0.4, 0.5) is 0 Å². The molecular formula is C13H24N2OS. The Morgan fingerprint density at radius 2 is 2.24 bits per heavy atom. The summed E-state index contributed by atoms with van der Waals surface area (Å²) in [6.45, 7) is 4.51. The summed E-state index contributed by atoms with van der Waals surface area (Å²) >= 11 is 2.10. The lowest BCUT2D eigenvalue weighted by Gasteiger charge is -2.45. The molecule has 3 fully saturated rings. The first-order valence-electron chi connectivity index (χ1n) is 7.10. The SMILES string of the molecule is C1CCC2C(C1)OCCN2CC1CSCCN1. The van der Waals surface area contributed by atoms with E-state index in [0.717, 1.165) is 13.2 Å². The zero-order chi connectivity index (χ0) is 11.5. The Bertz CT molecular complexity index is 244. The van der Waals surface area contributed by atoms with E-state index in [-0.39, 0.29) is 0 Å². The summed E-state index contributed by atoms with van der Waals surface area (Å²) in [7, 11) is 0. The molecule has 4 heteroatoms. The van der Waals surface area contributed by atoms with Gasteiger partial charge in [-0.15, -0.1) is 0 Å². The quantitative estimate of drug-likeness (QED) is 0.806. The lowest BCUT2D eigenvalue weighted by atomic mass is 9.90. The Morgan fingerprint density at radius 3 is 3.12 bits per heavy atom. The molecule has 2 aliphatic heterocycles. The van der Waals surface area contributed by atoms with Crippen molar-refractivity contribution in [1.29, 1.82) is 0 Å². The zero-order valence-corrected chi connectivity index (χ0v) is 11.4. The third-order valence-electron chi connectivity index (χ3n) is 4.30. The lowest BCUT2D eigenvalue weighted by Crippen LogP contribution is -2.57. The van der Waals surface area contributed by atoms with Crippen LogP contribution in [0.5, 0.6) is 0 Å². The van der Waals surface area contributed by atoms with Crippen LogP contribution in [0.1, 0.15) is 25.7 Å². The molecule has 3 unspecified atom stereocenters. The van der Waals surface area contributed by atoms with E-state index in [1.807, 2.05) is 0 Å². The summed E-state index contributed by atoms with van der Waals surface area (Å²) in [6.07, 6.45) is 5.94. The average Bonchev–Trinajstić information content (AvgIpc) is 2.40. The Balaban J connectivity index is 1.56. The molecule has 98 valence electrons. The summed E-state index contributed by atoms with van der Waals surface area (Å²) in [5.74, 6) is 2.57. The number of nitrogens with one attached hydrogen (secondary N) is 1. The molecule has 17 heavy (non-hydrogen) atoms. The molecule has 0 aromatic rings. The Hall–Kier alpha value is 0.230. The van der Waals surface area contributed by atoms with E-state index in [4.69, 9.17) is 4.74 Å². The molecule has 3 aliphatic rings. The van der Waals surface area contributed by atoms with E-state index in [9.17, 15) is 0 Å². The molecule has 1 saturated carbocycles. The van der Waals surface area contributed by atoms with Gasteiger partial charge in [-0.05, 0) is 12.8 Å². The van der Waals surface area contributed by atoms with Crippen molar-refractivity contribution in [2.75, 3.05) is 37.7 Å². The predicted octanol–water partition coefficient (Wildman–Crippen LogP) is 1.33. The van der Waals surface area contributed by atoms with Crippen molar-refractivity contribution < 1.29 is 4.74 Å². The van der Waals surface area contributed by atoms with E-state index in [1.165, 1.54) is 50.3 Å². The van der Waals surface area contributed by atoms with Crippen molar-refractivity contribution in [3.63, 3.8) is 0 Å². The first-order chi connectivity index (χ1) is 8.43. The molecule has 0 radical (unpaired) electrons. The molecule has 0 aromatic carbocycles. The van der Waals surface area contributed by atoms with E-state index in [2.05, 4.69) is 22.0 Å². The molecule has 1 aliphatic carbocycles. The number of fused-ring (bicyclic) bond motifs is 1. The van der Waals surface area contributed by atoms with Gasteiger partial charge in [0, 0.05) is 43.2 Å². The highest BCUT2D eigenvalue weighted by atomic mass is 32.2. The maximum Gasteiger partial charge on any atom is 0.0730 e. The van der Waals surface area contributed by atoms with E-state index in [1.54, 1.807) is 0 Å². The van der Waals surface area contributed by atoms with Crippen molar-refractivity contribution in [1.82, 2.24) is 10.2 Å². The van der Waals surface area contributed by atoms with E-state index in [0.29, 0.717) is 18.2 Å². The van der Waals surface area contributed by atoms with Gasteiger partial charge in [0.1, 0.15) is 0 Å². The second kappa shape index (κ2) is 5.91. The van der Waals surface area contributed by atoms with Gasteiger partial charge < -0.3 is 10.1 Å². The highest BCUT2D eigenvalue weighted by Crippen LogP contribution is 2.28. The predicted molar refractivity (Wildman–Crippen MR) is 72.7 cm³/mol. The van der Waals surface area contributed by atoms with E-state index < -0.39 is 0 Å². The number of ether oxygens (including phenoxy) is 1.